The highest BCUT2D eigenvalue weighted by Gasteiger charge is 2.43. The van der Waals surface area contributed by atoms with Gasteiger partial charge in [0.15, 0.2) is 0 Å². The Hall–Kier alpha value is -0.740. The summed E-state index contributed by atoms with van der Waals surface area (Å²) in [5, 5.41) is 27.5. The Labute approximate surface area is 91.4 Å². The molecule has 0 bridgehead atoms. The largest absolute Gasteiger partial charge is 0.481 e. The van der Waals surface area contributed by atoms with Crippen LogP contribution in [0.25, 0.3) is 0 Å². The van der Waals surface area contributed by atoms with E-state index in [1.165, 1.54) is 0 Å². The molecule has 1 saturated carbocycles. The van der Waals surface area contributed by atoms with Gasteiger partial charge in [0.1, 0.15) is 12.2 Å². The van der Waals surface area contributed by atoms with Gasteiger partial charge in [-0.15, -0.1) is 0 Å². The zero-order chi connectivity index (χ0) is 12.5. The molecule has 1 fully saturated rings. The summed E-state index contributed by atoms with van der Waals surface area (Å²) in [5.41, 5.74) is 0. The highest BCUT2D eigenvalue weighted by atomic mass is 32.3. The molecule has 0 aromatic heterocycles. The first kappa shape index (κ1) is 13.3. The van der Waals surface area contributed by atoms with Crippen molar-refractivity contribution >= 4 is 16.4 Å². The average molecular weight is 256 g/mol. The van der Waals surface area contributed by atoms with Gasteiger partial charge in [0, 0.05) is 0 Å². The van der Waals surface area contributed by atoms with E-state index in [0.29, 0.717) is 0 Å². The van der Waals surface area contributed by atoms with Crippen LogP contribution in [-0.4, -0.2) is 52.6 Å². The van der Waals surface area contributed by atoms with Crippen LogP contribution in [0, 0.1) is 5.92 Å². The van der Waals surface area contributed by atoms with Gasteiger partial charge in [0.2, 0.25) is 0 Å². The Kier molecular flexibility index (Phi) is 3.86. The number of carboxylic acids is 1. The van der Waals surface area contributed by atoms with Gasteiger partial charge in [-0.25, -0.2) is 4.18 Å². The van der Waals surface area contributed by atoms with Crippen LogP contribution in [0.15, 0.2) is 0 Å². The van der Waals surface area contributed by atoms with Crippen LogP contribution in [0.2, 0.25) is 0 Å². The van der Waals surface area contributed by atoms with Gasteiger partial charge in [-0.2, -0.15) is 8.42 Å². The Morgan fingerprint density at radius 2 is 1.75 bits per heavy atom. The molecule has 2 unspecified atom stereocenters. The van der Waals surface area contributed by atoms with Gasteiger partial charge >= 0.3 is 16.4 Å². The van der Waals surface area contributed by atoms with Gasteiger partial charge in [-0.1, -0.05) is 0 Å². The van der Waals surface area contributed by atoms with Crippen molar-refractivity contribution in [2.75, 3.05) is 0 Å². The second kappa shape index (κ2) is 4.63. The van der Waals surface area contributed by atoms with Crippen molar-refractivity contribution in [1.29, 1.82) is 0 Å². The second-order valence-corrected chi connectivity index (χ2v) is 4.61. The first-order chi connectivity index (χ1) is 7.22. The summed E-state index contributed by atoms with van der Waals surface area (Å²) in [6.07, 6.45) is -4.77. The maximum absolute atomic E-state index is 10.6. The van der Waals surface area contributed by atoms with E-state index in [0.717, 1.165) is 0 Å². The third kappa shape index (κ3) is 3.12. The molecule has 4 atom stereocenters. The highest BCUT2D eigenvalue weighted by molar-refractivity contribution is 7.80. The zero-order valence-electron chi connectivity index (χ0n) is 8.05. The lowest BCUT2D eigenvalue weighted by Crippen LogP contribution is -2.50. The van der Waals surface area contributed by atoms with Crippen LogP contribution in [0.5, 0.6) is 0 Å². The molecule has 1 aliphatic carbocycles. The molecule has 0 aromatic carbocycles. The molecule has 0 aromatic rings. The maximum Gasteiger partial charge on any atom is 0.397 e. The van der Waals surface area contributed by atoms with Gasteiger partial charge in [-0.05, 0) is 12.8 Å². The summed E-state index contributed by atoms with van der Waals surface area (Å²) < 4.78 is 33.3. The minimum Gasteiger partial charge on any atom is -0.481 e. The number of hydrogen-bond donors (Lipinski definition) is 4. The third-order valence-corrected chi connectivity index (χ3v) is 2.96. The van der Waals surface area contributed by atoms with E-state index in [1.54, 1.807) is 0 Å². The fourth-order valence-electron chi connectivity index (χ4n) is 1.67. The topological polar surface area (TPSA) is 141 Å². The molecule has 0 amide bonds. The predicted molar refractivity (Wildman–Crippen MR) is 48.8 cm³/mol. The molecular formula is C7H12O8S. The summed E-state index contributed by atoms with van der Waals surface area (Å²) in [5.74, 6) is -2.45. The molecule has 8 nitrogen and oxygen atoms in total. The molecule has 1 aliphatic rings. The predicted octanol–water partition coefficient (Wildman–Crippen LogP) is -1.61. The van der Waals surface area contributed by atoms with Crippen molar-refractivity contribution in [1.82, 2.24) is 0 Å². The molecule has 16 heavy (non-hydrogen) atoms. The average Bonchev–Trinajstić information content (AvgIpc) is 2.10. The molecule has 1 rings (SSSR count). The van der Waals surface area contributed by atoms with Crippen LogP contribution in [0.3, 0.4) is 0 Å². The van der Waals surface area contributed by atoms with Gasteiger partial charge in [0.25, 0.3) is 0 Å². The molecule has 0 spiro atoms. The van der Waals surface area contributed by atoms with Crippen LogP contribution >= 0.6 is 0 Å². The van der Waals surface area contributed by atoms with Crippen molar-refractivity contribution in [3.8, 4) is 0 Å². The molecule has 4 N–H and O–H groups in total. The van der Waals surface area contributed by atoms with Crippen molar-refractivity contribution in [2.45, 2.75) is 31.2 Å². The van der Waals surface area contributed by atoms with E-state index in [9.17, 15) is 23.4 Å². The van der Waals surface area contributed by atoms with Gasteiger partial charge in [-0.3, -0.25) is 9.35 Å². The van der Waals surface area contributed by atoms with Crippen molar-refractivity contribution in [2.24, 2.45) is 5.92 Å². The number of carbonyl (C=O) groups is 1. The fourth-order valence-corrected chi connectivity index (χ4v) is 2.20. The first-order valence-electron chi connectivity index (χ1n) is 4.47. The van der Waals surface area contributed by atoms with E-state index in [1.807, 2.05) is 0 Å². The molecule has 94 valence electrons. The maximum atomic E-state index is 10.6. The van der Waals surface area contributed by atoms with Crippen LogP contribution in [0.1, 0.15) is 12.8 Å². The quantitative estimate of drug-likeness (QED) is 0.442. The van der Waals surface area contributed by atoms with E-state index in [4.69, 9.17) is 9.66 Å². The van der Waals surface area contributed by atoms with E-state index >= 15 is 0 Å². The molecule has 0 saturated heterocycles. The lowest BCUT2D eigenvalue weighted by Gasteiger charge is -2.34. The zero-order valence-corrected chi connectivity index (χ0v) is 8.87. The lowest BCUT2D eigenvalue weighted by molar-refractivity contribution is -0.158. The monoisotopic (exact) mass is 256 g/mol. The van der Waals surface area contributed by atoms with Crippen molar-refractivity contribution in [3.63, 3.8) is 0 Å². The van der Waals surface area contributed by atoms with Crippen molar-refractivity contribution in [3.05, 3.63) is 0 Å². The standard InChI is InChI=1S/C7H12O8S/c8-5-3(7(10)11)1-2-4(6(5)9)15-16(12,13)14/h3-6,8-9H,1-2H2,(H,10,11)(H,12,13,14)/t3?,4?,5-,6+/m1/s1. The molecule has 0 aliphatic heterocycles. The molecular weight excluding hydrogens is 244 g/mol. The summed E-state index contributed by atoms with van der Waals surface area (Å²) in [6.45, 7) is 0. The van der Waals surface area contributed by atoms with E-state index < -0.39 is 40.6 Å². The number of aliphatic carboxylic acids is 1. The third-order valence-electron chi connectivity index (χ3n) is 2.47. The summed E-state index contributed by atoms with van der Waals surface area (Å²) >= 11 is 0. The Balaban J connectivity index is 2.72. The first-order valence-corrected chi connectivity index (χ1v) is 5.83. The van der Waals surface area contributed by atoms with Crippen LogP contribution < -0.4 is 0 Å². The number of rotatable bonds is 3. The fraction of sp³-hybridized carbons (Fsp3) is 0.857. The lowest BCUT2D eigenvalue weighted by atomic mass is 9.83. The number of carboxylic acid groups (broad SMARTS) is 1. The van der Waals surface area contributed by atoms with E-state index in [-0.39, 0.29) is 12.8 Å². The number of aliphatic hydroxyl groups is 2. The molecule has 0 heterocycles. The second-order valence-electron chi connectivity index (χ2n) is 3.57. The normalized spacial score (nSPS) is 35.9. The summed E-state index contributed by atoms with van der Waals surface area (Å²) in [7, 11) is -4.74. The summed E-state index contributed by atoms with van der Waals surface area (Å²) in [4.78, 5) is 10.6. The van der Waals surface area contributed by atoms with Crippen LogP contribution in [-0.2, 0) is 19.4 Å². The number of aliphatic hydroxyl groups excluding tert-OH is 2. The minimum absolute atomic E-state index is 0.0479. The Morgan fingerprint density at radius 1 is 1.19 bits per heavy atom. The Morgan fingerprint density at radius 3 is 2.19 bits per heavy atom. The van der Waals surface area contributed by atoms with Crippen LogP contribution in [0.4, 0.5) is 0 Å². The summed E-state index contributed by atoms with van der Waals surface area (Å²) in [6, 6.07) is 0. The van der Waals surface area contributed by atoms with Gasteiger partial charge in [0.05, 0.1) is 12.0 Å². The van der Waals surface area contributed by atoms with Gasteiger partial charge < -0.3 is 15.3 Å². The SMILES string of the molecule is O=C(O)C1CCC(OS(=O)(=O)O)[C@H](O)[C@@H]1O. The number of hydrogen-bond acceptors (Lipinski definition) is 6. The minimum atomic E-state index is -4.74. The molecule has 0 radical (unpaired) electrons. The molecule has 9 heteroatoms. The smallest absolute Gasteiger partial charge is 0.397 e. The Bertz CT molecular complexity index is 363. The highest BCUT2D eigenvalue weighted by Crippen LogP contribution is 2.28. The van der Waals surface area contributed by atoms with Crippen molar-refractivity contribution < 1.29 is 37.3 Å². The van der Waals surface area contributed by atoms with E-state index in [2.05, 4.69) is 4.18 Å².